The molecule has 0 heterocycles. The third kappa shape index (κ3) is 7.46. The van der Waals surface area contributed by atoms with Crippen molar-refractivity contribution in [1.29, 1.82) is 0 Å². The first-order chi connectivity index (χ1) is 13.3. The molecule has 0 aromatic heterocycles. The highest BCUT2D eigenvalue weighted by Crippen LogP contribution is 2.16. The highest BCUT2D eigenvalue weighted by molar-refractivity contribution is 5.97. The molecule has 0 aliphatic rings. The molecule has 158 valence electrons. The summed E-state index contributed by atoms with van der Waals surface area (Å²) in [7, 11) is 3.40. The Kier molecular flexibility index (Phi) is 10.5. The number of alkyl halides is 2. The summed E-state index contributed by atoms with van der Waals surface area (Å²) in [5, 5.41) is 3.53. The molecule has 0 aliphatic heterocycles. The minimum absolute atomic E-state index is 0.0454. The molecule has 0 fully saturated rings. The fraction of sp³-hybridized carbons (Fsp3) is 0.571. The first kappa shape index (κ1) is 23.9. The summed E-state index contributed by atoms with van der Waals surface area (Å²) < 4.78 is 35.8. The summed E-state index contributed by atoms with van der Waals surface area (Å²) in [5.74, 6) is -0.158. The van der Waals surface area contributed by atoms with Gasteiger partial charge in [-0.05, 0) is 23.6 Å². The molecule has 1 N–H and O–H groups in total. The lowest BCUT2D eigenvalue weighted by molar-refractivity contribution is -0.0509. The average Bonchev–Trinajstić information content (AvgIpc) is 2.64. The van der Waals surface area contributed by atoms with E-state index in [0.29, 0.717) is 23.0 Å². The number of carbonyl (C=O) groups excluding carboxylic acids is 1. The molecule has 1 aromatic rings. The molecule has 1 amide bonds. The van der Waals surface area contributed by atoms with E-state index in [4.69, 9.17) is 9.47 Å². The lowest BCUT2D eigenvalue weighted by atomic mass is 10.0. The highest BCUT2D eigenvalue weighted by atomic mass is 19.3. The number of hydrogen-bond acceptors (Lipinski definition) is 4. The normalized spacial score (nSPS) is 12.9. The fourth-order valence-corrected chi connectivity index (χ4v) is 3.05. The molecule has 0 radical (unpaired) electrons. The summed E-state index contributed by atoms with van der Waals surface area (Å²) in [4.78, 5) is 14.4. The van der Waals surface area contributed by atoms with Crippen LogP contribution in [0.3, 0.4) is 0 Å². The molecular weight excluding hydrogens is 366 g/mol. The molecule has 0 spiro atoms. The van der Waals surface area contributed by atoms with Crippen molar-refractivity contribution in [3.63, 3.8) is 0 Å². The van der Waals surface area contributed by atoms with E-state index in [0.717, 1.165) is 25.8 Å². The van der Waals surface area contributed by atoms with E-state index in [-0.39, 0.29) is 17.9 Å². The second-order valence-corrected chi connectivity index (χ2v) is 6.77. The van der Waals surface area contributed by atoms with Gasteiger partial charge in [0.2, 0.25) is 0 Å². The van der Waals surface area contributed by atoms with E-state index in [2.05, 4.69) is 25.7 Å². The van der Waals surface area contributed by atoms with Crippen LogP contribution in [0, 0.1) is 5.92 Å². The van der Waals surface area contributed by atoms with Crippen molar-refractivity contribution in [2.45, 2.75) is 39.7 Å². The molecule has 7 heteroatoms. The first-order valence-electron chi connectivity index (χ1n) is 9.59. The van der Waals surface area contributed by atoms with Gasteiger partial charge in [0.05, 0.1) is 12.2 Å². The Balaban J connectivity index is 3.29. The van der Waals surface area contributed by atoms with Gasteiger partial charge in [0.15, 0.2) is 0 Å². The van der Waals surface area contributed by atoms with Crippen molar-refractivity contribution < 1.29 is 23.0 Å². The molecule has 0 bridgehead atoms. The van der Waals surface area contributed by atoms with Gasteiger partial charge in [0.25, 0.3) is 5.91 Å². The third-order valence-corrected chi connectivity index (χ3v) is 4.50. The Bertz CT molecular complexity index is 725. The monoisotopic (exact) mass is 398 g/mol. The Morgan fingerprint density at radius 1 is 1.36 bits per heavy atom. The minimum Gasteiger partial charge on any atom is -0.433 e. The van der Waals surface area contributed by atoms with Crippen LogP contribution in [0.25, 0.3) is 12.8 Å². The SMILES string of the molecule is C=c1ccc(C(=O)NCCOC)c(OC(F)F)/c1=C/N(C)CC(CC)CCC. The highest BCUT2D eigenvalue weighted by Gasteiger charge is 2.18. The van der Waals surface area contributed by atoms with Crippen molar-refractivity contribution >= 4 is 18.7 Å². The number of nitrogens with zero attached hydrogens (tertiary/aromatic N) is 1. The lowest BCUT2D eigenvalue weighted by Crippen LogP contribution is -2.35. The summed E-state index contributed by atoms with van der Waals surface area (Å²) in [5.41, 5.74) is 0.0454. The number of methoxy groups -OCH3 is 1. The van der Waals surface area contributed by atoms with Gasteiger partial charge in [0, 0.05) is 38.7 Å². The van der Waals surface area contributed by atoms with Crippen LogP contribution in [0.2, 0.25) is 0 Å². The number of amides is 1. The second-order valence-electron chi connectivity index (χ2n) is 6.77. The van der Waals surface area contributed by atoms with Crippen LogP contribution in [-0.2, 0) is 4.74 Å². The van der Waals surface area contributed by atoms with Crippen LogP contribution in [-0.4, -0.2) is 51.3 Å². The Morgan fingerprint density at radius 2 is 2.07 bits per heavy atom. The summed E-state index contributed by atoms with van der Waals surface area (Å²) in [6, 6.07) is 3.08. The van der Waals surface area contributed by atoms with Crippen molar-refractivity contribution in [3.8, 4) is 5.75 Å². The van der Waals surface area contributed by atoms with E-state index in [1.807, 2.05) is 11.9 Å². The predicted molar refractivity (Wildman–Crippen MR) is 108 cm³/mol. The number of benzene rings is 1. The average molecular weight is 398 g/mol. The van der Waals surface area contributed by atoms with Gasteiger partial charge in [-0.2, -0.15) is 8.78 Å². The Morgan fingerprint density at radius 3 is 2.64 bits per heavy atom. The fourth-order valence-electron chi connectivity index (χ4n) is 3.05. The van der Waals surface area contributed by atoms with Gasteiger partial charge in [-0.3, -0.25) is 4.79 Å². The van der Waals surface area contributed by atoms with Gasteiger partial charge in [0.1, 0.15) is 5.75 Å². The molecular formula is C21H32F2N2O3. The number of hydrogen-bond donors (Lipinski definition) is 1. The maximum atomic E-state index is 13.1. The molecule has 0 aliphatic carbocycles. The molecule has 5 nitrogen and oxygen atoms in total. The quantitative estimate of drug-likeness (QED) is 0.550. The van der Waals surface area contributed by atoms with Crippen LogP contribution in [0.15, 0.2) is 12.1 Å². The van der Waals surface area contributed by atoms with Crippen molar-refractivity contribution in [2.24, 2.45) is 5.92 Å². The first-order valence-corrected chi connectivity index (χ1v) is 9.59. The van der Waals surface area contributed by atoms with Crippen molar-refractivity contribution in [2.75, 3.05) is 33.9 Å². The predicted octanol–water partition coefficient (Wildman–Crippen LogP) is 2.57. The third-order valence-electron chi connectivity index (χ3n) is 4.50. The zero-order valence-corrected chi connectivity index (χ0v) is 17.3. The number of rotatable bonds is 12. The van der Waals surface area contributed by atoms with Crippen molar-refractivity contribution in [3.05, 3.63) is 28.1 Å². The Hall–Kier alpha value is -2.15. The van der Waals surface area contributed by atoms with Crippen LogP contribution in [0.1, 0.15) is 43.5 Å². The minimum atomic E-state index is -3.05. The number of carbonyl (C=O) groups is 1. The summed E-state index contributed by atoms with van der Waals surface area (Å²) in [6.45, 7) is 6.52. The van der Waals surface area contributed by atoms with E-state index < -0.39 is 12.5 Å². The molecule has 0 saturated carbocycles. The summed E-state index contributed by atoms with van der Waals surface area (Å²) >= 11 is 0. The zero-order chi connectivity index (χ0) is 21.1. The van der Waals surface area contributed by atoms with Crippen LogP contribution >= 0.6 is 0 Å². The summed E-state index contributed by atoms with van der Waals surface area (Å²) in [6.07, 6.45) is 4.94. The standard InChI is InChI=1S/C21H32F2N2O3/c1-6-8-16(7-2)13-25(4)14-18-15(3)9-10-17(19(18)28-21(22)23)20(26)24-11-12-27-5/h9-10,14,16,21H,3,6-8,11-13H2,1-2,4-5H3,(H,24,26)/b18-14+. The van der Waals surface area contributed by atoms with Crippen molar-refractivity contribution in [1.82, 2.24) is 10.2 Å². The largest absolute Gasteiger partial charge is 0.433 e. The van der Waals surface area contributed by atoms with E-state index in [1.54, 1.807) is 12.3 Å². The topological polar surface area (TPSA) is 50.8 Å². The van der Waals surface area contributed by atoms with E-state index >= 15 is 0 Å². The molecule has 1 atom stereocenters. The van der Waals surface area contributed by atoms with E-state index in [9.17, 15) is 13.6 Å². The smallest absolute Gasteiger partial charge is 0.387 e. The molecule has 0 saturated heterocycles. The lowest BCUT2D eigenvalue weighted by Gasteiger charge is -2.22. The molecule has 1 aromatic carbocycles. The number of halogens is 2. The molecule has 28 heavy (non-hydrogen) atoms. The van der Waals surface area contributed by atoms with Crippen LogP contribution < -0.4 is 20.5 Å². The maximum absolute atomic E-state index is 13.1. The maximum Gasteiger partial charge on any atom is 0.387 e. The van der Waals surface area contributed by atoms with Crippen LogP contribution in [0.5, 0.6) is 5.75 Å². The molecule has 1 unspecified atom stereocenters. The van der Waals surface area contributed by atoms with Gasteiger partial charge in [-0.25, -0.2) is 0 Å². The van der Waals surface area contributed by atoms with Gasteiger partial charge in [-0.15, -0.1) is 0 Å². The number of nitrogens with one attached hydrogen (secondary N) is 1. The van der Waals surface area contributed by atoms with Crippen LogP contribution in [0.4, 0.5) is 8.78 Å². The van der Waals surface area contributed by atoms with Gasteiger partial charge < -0.3 is 19.7 Å². The Labute approximate surface area is 166 Å². The molecule has 1 rings (SSSR count). The van der Waals surface area contributed by atoms with E-state index in [1.165, 1.54) is 13.2 Å². The second kappa shape index (κ2) is 12.3. The zero-order valence-electron chi connectivity index (χ0n) is 17.3. The number of ether oxygens (including phenoxy) is 2. The van der Waals surface area contributed by atoms with Gasteiger partial charge >= 0.3 is 6.61 Å². The van der Waals surface area contributed by atoms with Gasteiger partial charge in [-0.1, -0.05) is 39.3 Å².